The summed E-state index contributed by atoms with van der Waals surface area (Å²) in [6.07, 6.45) is 8.07. The predicted molar refractivity (Wildman–Crippen MR) is 68.9 cm³/mol. The zero-order valence-electron chi connectivity index (χ0n) is 10.5. The Morgan fingerprint density at radius 2 is 2.07 bits per heavy atom. The molecule has 0 atom stereocenters. The Bertz CT molecular complexity index is 344. The maximum atomic E-state index is 4.16. The molecule has 0 fully saturated rings. The maximum Gasteiger partial charge on any atom is -0.0233 e. The molecule has 1 rings (SSSR count). The predicted octanol–water partition coefficient (Wildman–Crippen LogP) is 4.96. The van der Waals surface area contributed by atoms with E-state index in [-0.39, 0.29) is 0 Å². The Kier molecular flexibility index (Phi) is 4.14. The lowest BCUT2D eigenvalue weighted by atomic mass is 9.87. The Morgan fingerprint density at radius 1 is 1.40 bits per heavy atom. The van der Waals surface area contributed by atoms with Crippen LogP contribution in [0, 0.1) is 0 Å². The second kappa shape index (κ2) is 5.16. The van der Waals surface area contributed by atoms with Crippen LogP contribution in [0.1, 0.15) is 47.0 Å². The van der Waals surface area contributed by atoms with Gasteiger partial charge in [-0.05, 0) is 56.8 Å². The van der Waals surface area contributed by atoms with E-state index in [1.807, 2.05) is 0 Å². The minimum atomic E-state index is 1.16. The topological polar surface area (TPSA) is 0 Å². The van der Waals surface area contributed by atoms with Crippen LogP contribution in [-0.4, -0.2) is 0 Å². The zero-order valence-corrected chi connectivity index (χ0v) is 10.5. The Hall–Kier alpha value is -1.04. The molecule has 15 heavy (non-hydrogen) atoms. The number of allylic oxidation sites excluding steroid dienone is 7. The quantitative estimate of drug-likeness (QED) is 0.568. The first-order valence-corrected chi connectivity index (χ1v) is 5.78. The Labute approximate surface area is 94.1 Å². The van der Waals surface area contributed by atoms with Crippen molar-refractivity contribution in [3.63, 3.8) is 0 Å². The second-order valence-corrected chi connectivity index (χ2v) is 4.56. The Morgan fingerprint density at radius 3 is 2.53 bits per heavy atom. The fourth-order valence-corrected chi connectivity index (χ4v) is 2.08. The third-order valence-electron chi connectivity index (χ3n) is 2.90. The highest BCUT2D eigenvalue weighted by Gasteiger charge is 2.10. The van der Waals surface area contributed by atoms with Crippen molar-refractivity contribution in [1.29, 1.82) is 0 Å². The molecule has 0 heteroatoms. The van der Waals surface area contributed by atoms with Crippen molar-refractivity contribution in [1.82, 2.24) is 0 Å². The van der Waals surface area contributed by atoms with Crippen molar-refractivity contribution in [3.8, 4) is 0 Å². The van der Waals surface area contributed by atoms with Gasteiger partial charge in [0.15, 0.2) is 0 Å². The van der Waals surface area contributed by atoms with Crippen molar-refractivity contribution < 1.29 is 0 Å². The standard InChI is InChI=1S/C15H22/c1-6-14-7-8-15(13(5)10-14)12(4)9-11(2)3/h9-10H,4,6-8H2,1-3,5H3. The van der Waals surface area contributed by atoms with Crippen LogP contribution in [0.25, 0.3) is 0 Å². The number of rotatable bonds is 3. The molecule has 0 aliphatic heterocycles. The minimum Gasteiger partial charge on any atom is -0.0915 e. The van der Waals surface area contributed by atoms with E-state index in [4.69, 9.17) is 0 Å². The molecule has 0 radical (unpaired) electrons. The monoisotopic (exact) mass is 202 g/mol. The van der Waals surface area contributed by atoms with Crippen LogP contribution in [0.3, 0.4) is 0 Å². The summed E-state index contributed by atoms with van der Waals surface area (Å²) in [6, 6.07) is 0. The number of hydrogen-bond acceptors (Lipinski definition) is 0. The molecule has 0 aromatic rings. The summed E-state index contributed by atoms with van der Waals surface area (Å²) in [5, 5.41) is 0. The largest absolute Gasteiger partial charge is 0.0915 e. The van der Waals surface area contributed by atoms with Gasteiger partial charge >= 0.3 is 0 Å². The van der Waals surface area contributed by atoms with Gasteiger partial charge in [-0.25, -0.2) is 0 Å². The maximum absolute atomic E-state index is 4.16. The van der Waals surface area contributed by atoms with Crippen LogP contribution < -0.4 is 0 Å². The van der Waals surface area contributed by atoms with Crippen molar-refractivity contribution in [2.75, 3.05) is 0 Å². The molecule has 1 aliphatic rings. The van der Waals surface area contributed by atoms with Crippen LogP contribution in [0.2, 0.25) is 0 Å². The van der Waals surface area contributed by atoms with E-state index in [1.165, 1.54) is 35.1 Å². The lowest BCUT2D eigenvalue weighted by molar-refractivity contribution is 0.853. The van der Waals surface area contributed by atoms with E-state index in [1.54, 1.807) is 5.57 Å². The van der Waals surface area contributed by atoms with Crippen LogP contribution in [0.15, 0.2) is 46.6 Å². The second-order valence-electron chi connectivity index (χ2n) is 4.56. The molecule has 0 saturated carbocycles. The van der Waals surface area contributed by atoms with Gasteiger partial charge in [-0.1, -0.05) is 36.8 Å². The average molecular weight is 202 g/mol. The van der Waals surface area contributed by atoms with Gasteiger partial charge in [0.2, 0.25) is 0 Å². The minimum absolute atomic E-state index is 1.16. The molecule has 0 spiro atoms. The van der Waals surface area contributed by atoms with Gasteiger partial charge in [-0.15, -0.1) is 0 Å². The van der Waals surface area contributed by atoms with Gasteiger partial charge in [-0.2, -0.15) is 0 Å². The zero-order chi connectivity index (χ0) is 11.4. The van der Waals surface area contributed by atoms with Crippen molar-refractivity contribution in [3.05, 3.63) is 46.6 Å². The SMILES string of the molecule is C=C(C=C(C)C)C1=C(C)C=C(CC)CC1. The van der Waals surface area contributed by atoms with Crippen LogP contribution in [0.4, 0.5) is 0 Å². The summed E-state index contributed by atoms with van der Waals surface area (Å²) in [5.41, 5.74) is 6.93. The van der Waals surface area contributed by atoms with Gasteiger partial charge in [0.25, 0.3) is 0 Å². The number of hydrogen-bond donors (Lipinski definition) is 0. The molecule has 1 aliphatic carbocycles. The highest BCUT2D eigenvalue weighted by atomic mass is 14.2. The fraction of sp³-hybridized carbons (Fsp3) is 0.467. The van der Waals surface area contributed by atoms with E-state index in [0.717, 1.165) is 6.42 Å². The van der Waals surface area contributed by atoms with Gasteiger partial charge < -0.3 is 0 Å². The molecule has 0 nitrogen and oxygen atoms in total. The van der Waals surface area contributed by atoms with Crippen molar-refractivity contribution >= 4 is 0 Å². The molecule has 0 heterocycles. The van der Waals surface area contributed by atoms with E-state index in [2.05, 4.69) is 46.4 Å². The third kappa shape index (κ3) is 3.23. The van der Waals surface area contributed by atoms with Gasteiger partial charge in [0, 0.05) is 0 Å². The lowest BCUT2D eigenvalue weighted by Gasteiger charge is -2.18. The van der Waals surface area contributed by atoms with Crippen LogP contribution >= 0.6 is 0 Å². The normalized spacial score (nSPS) is 16.1. The molecule has 0 aromatic heterocycles. The first kappa shape index (κ1) is 12.0. The van der Waals surface area contributed by atoms with E-state index in [9.17, 15) is 0 Å². The van der Waals surface area contributed by atoms with E-state index in [0.29, 0.717) is 0 Å². The molecular weight excluding hydrogens is 180 g/mol. The van der Waals surface area contributed by atoms with Gasteiger partial charge in [0.05, 0.1) is 0 Å². The van der Waals surface area contributed by atoms with Gasteiger partial charge in [-0.3, -0.25) is 0 Å². The Balaban J connectivity index is 2.92. The average Bonchev–Trinajstić information content (AvgIpc) is 2.16. The summed E-state index contributed by atoms with van der Waals surface area (Å²) >= 11 is 0. The van der Waals surface area contributed by atoms with Gasteiger partial charge in [0.1, 0.15) is 0 Å². The van der Waals surface area contributed by atoms with Crippen LogP contribution in [0.5, 0.6) is 0 Å². The van der Waals surface area contributed by atoms with E-state index >= 15 is 0 Å². The summed E-state index contributed by atoms with van der Waals surface area (Å²) in [4.78, 5) is 0. The smallest absolute Gasteiger partial charge is 0.0233 e. The molecule has 82 valence electrons. The highest BCUT2D eigenvalue weighted by Crippen LogP contribution is 2.30. The van der Waals surface area contributed by atoms with E-state index < -0.39 is 0 Å². The lowest BCUT2D eigenvalue weighted by Crippen LogP contribution is -1.98. The summed E-state index contributed by atoms with van der Waals surface area (Å²) in [7, 11) is 0. The summed E-state index contributed by atoms with van der Waals surface area (Å²) in [5.74, 6) is 0. The molecule has 0 N–H and O–H groups in total. The highest BCUT2D eigenvalue weighted by molar-refractivity contribution is 5.47. The fourth-order valence-electron chi connectivity index (χ4n) is 2.08. The third-order valence-corrected chi connectivity index (χ3v) is 2.90. The molecule has 0 amide bonds. The van der Waals surface area contributed by atoms with Crippen LogP contribution in [-0.2, 0) is 0 Å². The first-order valence-electron chi connectivity index (χ1n) is 5.78. The summed E-state index contributed by atoms with van der Waals surface area (Å²) < 4.78 is 0. The molecule has 0 bridgehead atoms. The van der Waals surface area contributed by atoms with Crippen molar-refractivity contribution in [2.24, 2.45) is 0 Å². The molecular formula is C15H22. The molecule has 0 aromatic carbocycles. The van der Waals surface area contributed by atoms with Crippen molar-refractivity contribution in [2.45, 2.75) is 47.0 Å². The molecule has 0 saturated heterocycles. The molecule has 0 unspecified atom stereocenters. The first-order chi connectivity index (χ1) is 7.04. The summed E-state index contributed by atoms with van der Waals surface area (Å²) in [6.45, 7) is 12.8.